The number of carbonyl (C=O) groups excluding carboxylic acids is 1. The molecule has 3 N–H and O–H groups in total. The Bertz CT molecular complexity index is 893. The molecule has 11 heteroatoms. The third-order valence-electron chi connectivity index (χ3n) is 5.82. The third kappa shape index (κ3) is 5.52. The Morgan fingerprint density at radius 2 is 1.87 bits per heavy atom. The molecule has 2 saturated heterocycles. The second-order valence-electron chi connectivity index (χ2n) is 8.11. The van der Waals surface area contributed by atoms with E-state index in [9.17, 15) is 18.3 Å². The van der Waals surface area contributed by atoms with Crippen LogP contribution in [0, 0.1) is 6.92 Å². The van der Waals surface area contributed by atoms with Gasteiger partial charge in [-0.15, -0.1) is 23.2 Å². The first-order valence-corrected chi connectivity index (χ1v) is 12.8. The lowest BCUT2D eigenvalue weighted by Gasteiger charge is -2.40. The highest BCUT2D eigenvalue weighted by Gasteiger charge is 2.39. The molecule has 0 spiro atoms. The molecule has 0 aliphatic carbocycles. The standard InChI is InChI=1S/C20H30Cl2N4O4S/c1-13-7-8-15(11-17(13)31(29,30)25-9-5-3-4-6-10-25)24-19(27)14(2)26-20(28)18(22)16(21)12-23-26/h7-8,11,14,16,18,20,23,28H,3-6,9-10,12H2,1-2H3,(H,24,27)/t14-,16?,18?,20?/m0/s1. The molecule has 2 fully saturated rings. The minimum absolute atomic E-state index is 0.196. The number of aliphatic hydroxyl groups excluding tert-OH is 1. The largest absolute Gasteiger partial charge is 0.375 e. The number of hydrazine groups is 1. The molecule has 0 bridgehead atoms. The SMILES string of the molecule is Cc1ccc(NC(=O)[C@H](C)N2NCC(Cl)C(Cl)C2O)cc1S(=O)(=O)N1CCCCCC1. The van der Waals surface area contributed by atoms with Gasteiger partial charge in [0.25, 0.3) is 0 Å². The second-order valence-corrected chi connectivity index (χ2v) is 11.1. The van der Waals surface area contributed by atoms with Crippen molar-refractivity contribution >= 4 is 44.8 Å². The third-order valence-corrected chi connectivity index (χ3v) is 8.94. The lowest BCUT2D eigenvalue weighted by atomic mass is 10.1. The Balaban J connectivity index is 1.76. The van der Waals surface area contributed by atoms with Gasteiger partial charge in [0.15, 0.2) is 0 Å². The molecule has 0 radical (unpaired) electrons. The summed E-state index contributed by atoms with van der Waals surface area (Å²) in [5, 5.41) is 13.2. The quantitative estimate of drug-likeness (QED) is 0.544. The van der Waals surface area contributed by atoms with Crippen molar-refractivity contribution < 1.29 is 18.3 Å². The normalized spacial score (nSPS) is 27.5. The molecule has 2 aliphatic heterocycles. The fourth-order valence-corrected chi connectivity index (χ4v) is 6.03. The van der Waals surface area contributed by atoms with Crippen molar-refractivity contribution in [3.8, 4) is 0 Å². The Morgan fingerprint density at radius 3 is 2.52 bits per heavy atom. The molecule has 174 valence electrons. The Morgan fingerprint density at radius 1 is 1.23 bits per heavy atom. The fraction of sp³-hybridized carbons (Fsp3) is 0.650. The number of hydrogen-bond donors (Lipinski definition) is 3. The lowest BCUT2D eigenvalue weighted by molar-refractivity contribution is -0.132. The van der Waals surface area contributed by atoms with Gasteiger partial charge in [-0.1, -0.05) is 18.9 Å². The van der Waals surface area contributed by atoms with E-state index in [0.717, 1.165) is 25.7 Å². The molecule has 2 aliphatic rings. The smallest absolute Gasteiger partial charge is 0.243 e. The molecule has 1 amide bonds. The van der Waals surface area contributed by atoms with Gasteiger partial charge in [-0.25, -0.2) is 13.4 Å². The van der Waals surface area contributed by atoms with Crippen LogP contribution in [-0.2, 0) is 14.8 Å². The number of nitrogens with zero attached hydrogens (tertiary/aromatic N) is 2. The maximum atomic E-state index is 13.2. The van der Waals surface area contributed by atoms with E-state index in [0.29, 0.717) is 30.9 Å². The van der Waals surface area contributed by atoms with Crippen molar-refractivity contribution in [2.75, 3.05) is 25.0 Å². The molecule has 3 rings (SSSR count). The molecule has 1 aromatic carbocycles. The van der Waals surface area contributed by atoms with E-state index >= 15 is 0 Å². The van der Waals surface area contributed by atoms with Gasteiger partial charge in [0, 0.05) is 25.3 Å². The fourth-order valence-electron chi connectivity index (χ4n) is 3.85. The number of aliphatic hydroxyl groups is 1. The number of hydrogen-bond acceptors (Lipinski definition) is 6. The number of benzene rings is 1. The van der Waals surface area contributed by atoms with Crippen LogP contribution in [0.1, 0.15) is 38.2 Å². The molecular formula is C20H30Cl2N4O4S. The summed E-state index contributed by atoms with van der Waals surface area (Å²) in [5.74, 6) is -0.412. The minimum atomic E-state index is -3.65. The number of rotatable bonds is 5. The molecule has 1 aromatic rings. The number of sulfonamides is 1. The number of halogens is 2. The van der Waals surface area contributed by atoms with Gasteiger partial charge < -0.3 is 10.4 Å². The number of anilines is 1. The molecule has 4 atom stereocenters. The first kappa shape index (κ1) is 24.7. The highest BCUT2D eigenvalue weighted by molar-refractivity contribution is 7.89. The average Bonchev–Trinajstić information content (AvgIpc) is 3.03. The maximum Gasteiger partial charge on any atom is 0.243 e. The molecule has 31 heavy (non-hydrogen) atoms. The maximum absolute atomic E-state index is 13.2. The number of alkyl halides is 2. The van der Waals surface area contributed by atoms with Gasteiger partial charge in [-0.3, -0.25) is 10.2 Å². The van der Waals surface area contributed by atoms with Crippen molar-refractivity contribution in [2.24, 2.45) is 0 Å². The monoisotopic (exact) mass is 492 g/mol. The summed E-state index contributed by atoms with van der Waals surface area (Å²) in [6.45, 7) is 4.69. The zero-order chi connectivity index (χ0) is 22.8. The summed E-state index contributed by atoms with van der Waals surface area (Å²) >= 11 is 12.2. The Labute approximate surface area is 193 Å². The van der Waals surface area contributed by atoms with Gasteiger partial charge in [0.05, 0.1) is 15.6 Å². The van der Waals surface area contributed by atoms with E-state index in [4.69, 9.17) is 23.2 Å². The van der Waals surface area contributed by atoms with Crippen LogP contribution >= 0.6 is 23.2 Å². The number of carbonyl (C=O) groups is 1. The number of amides is 1. The van der Waals surface area contributed by atoms with Crippen LogP contribution in [0.5, 0.6) is 0 Å². The number of nitrogens with one attached hydrogen (secondary N) is 2. The Hall–Kier alpha value is -0.940. The van der Waals surface area contributed by atoms with Crippen molar-refractivity contribution in [1.82, 2.24) is 14.7 Å². The summed E-state index contributed by atoms with van der Waals surface area (Å²) in [4.78, 5) is 13.0. The van der Waals surface area contributed by atoms with Crippen molar-refractivity contribution in [1.29, 1.82) is 0 Å². The van der Waals surface area contributed by atoms with Gasteiger partial charge in [-0.2, -0.15) is 4.31 Å². The van der Waals surface area contributed by atoms with Crippen LogP contribution in [-0.4, -0.2) is 71.4 Å². The molecule has 0 aromatic heterocycles. The lowest BCUT2D eigenvalue weighted by Crippen LogP contribution is -2.64. The van der Waals surface area contributed by atoms with Crippen LogP contribution in [0.2, 0.25) is 0 Å². The molecular weight excluding hydrogens is 463 g/mol. The van der Waals surface area contributed by atoms with Crippen LogP contribution in [0.15, 0.2) is 23.1 Å². The van der Waals surface area contributed by atoms with Crippen LogP contribution in [0.3, 0.4) is 0 Å². The summed E-state index contributed by atoms with van der Waals surface area (Å²) in [6.07, 6.45) is 2.62. The zero-order valence-corrected chi connectivity index (χ0v) is 20.1. The first-order chi connectivity index (χ1) is 14.6. The van der Waals surface area contributed by atoms with Crippen molar-refractivity contribution in [2.45, 2.75) is 67.5 Å². The summed E-state index contributed by atoms with van der Waals surface area (Å²) in [6, 6.07) is 4.08. The predicted octanol–water partition coefficient (Wildman–Crippen LogP) is 2.24. The highest BCUT2D eigenvalue weighted by Crippen LogP contribution is 2.27. The topological polar surface area (TPSA) is 102 Å². The van der Waals surface area contributed by atoms with Gasteiger partial charge in [0.1, 0.15) is 12.3 Å². The average molecular weight is 493 g/mol. The van der Waals surface area contributed by atoms with E-state index in [1.807, 2.05) is 0 Å². The van der Waals surface area contributed by atoms with Crippen molar-refractivity contribution in [3.63, 3.8) is 0 Å². The van der Waals surface area contributed by atoms with E-state index < -0.39 is 39.0 Å². The van der Waals surface area contributed by atoms with Gasteiger partial charge in [0.2, 0.25) is 15.9 Å². The highest BCUT2D eigenvalue weighted by atomic mass is 35.5. The summed E-state index contributed by atoms with van der Waals surface area (Å²) in [5.41, 5.74) is 3.91. The van der Waals surface area contributed by atoms with E-state index in [1.165, 1.54) is 15.4 Å². The summed E-state index contributed by atoms with van der Waals surface area (Å²) in [7, 11) is -3.65. The van der Waals surface area contributed by atoms with E-state index in [-0.39, 0.29) is 4.90 Å². The van der Waals surface area contributed by atoms with Crippen LogP contribution < -0.4 is 10.7 Å². The van der Waals surface area contributed by atoms with E-state index in [2.05, 4.69) is 10.7 Å². The molecule has 3 unspecified atom stereocenters. The van der Waals surface area contributed by atoms with Crippen LogP contribution in [0.4, 0.5) is 5.69 Å². The van der Waals surface area contributed by atoms with E-state index in [1.54, 1.807) is 26.0 Å². The minimum Gasteiger partial charge on any atom is -0.375 e. The van der Waals surface area contributed by atoms with Crippen LogP contribution in [0.25, 0.3) is 0 Å². The summed E-state index contributed by atoms with van der Waals surface area (Å²) < 4.78 is 28.0. The predicted molar refractivity (Wildman–Crippen MR) is 122 cm³/mol. The number of aryl methyl sites for hydroxylation is 1. The molecule has 8 nitrogen and oxygen atoms in total. The molecule has 2 heterocycles. The zero-order valence-electron chi connectivity index (χ0n) is 17.7. The molecule has 0 saturated carbocycles. The van der Waals surface area contributed by atoms with Gasteiger partial charge in [-0.05, 0) is 44.4 Å². The first-order valence-electron chi connectivity index (χ1n) is 10.5. The van der Waals surface area contributed by atoms with Gasteiger partial charge >= 0.3 is 0 Å². The second kappa shape index (κ2) is 10.3. The van der Waals surface area contributed by atoms with Crippen molar-refractivity contribution in [3.05, 3.63) is 23.8 Å². The Kier molecular flexibility index (Phi) is 8.23.